The number of rotatable bonds is 3. The summed E-state index contributed by atoms with van der Waals surface area (Å²) in [6, 6.07) is 10.9. The van der Waals surface area contributed by atoms with Crippen LogP contribution >= 0.6 is 55.7 Å². The van der Waals surface area contributed by atoms with E-state index in [2.05, 4.69) is 31.9 Å². The number of thiocarbonyl (C=S) groups is 1. The summed E-state index contributed by atoms with van der Waals surface area (Å²) in [4.78, 5) is 0.203. The van der Waals surface area contributed by atoms with Crippen molar-refractivity contribution >= 4 is 60.7 Å². The highest BCUT2D eigenvalue weighted by Gasteiger charge is 2.13. The largest absolute Gasteiger partial charge is 0.455 e. The van der Waals surface area contributed by atoms with Crippen LogP contribution in [0, 0.1) is 0 Å². The fraction of sp³-hybridized carbons (Fsp3) is 0. The van der Waals surface area contributed by atoms with Crippen LogP contribution < -0.4 is 10.5 Å². The molecule has 0 radical (unpaired) electrons. The second kappa shape index (κ2) is 6.22. The number of ether oxygens (including phenoxy) is 1. The molecule has 0 spiro atoms. The van der Waals surface area contributed by atoms with Crippen molar-refractivity contribution in [3.8, 4) is 11.5 Å². The van der Waals surface area contributed by atoms with Crippen molar-refractivity contribution in [1.82, 2.24) is 0 Å². The number of hydrogen-bond donors (Lipinski definition) is 1. The Hall–Kier alpha value is -0.620. The molecule has 6 heteroatoms. The van der Waals surface area contributed by atoms with E-state index >= 15 is 0 Å². The average Bonchev–Trinajstić information content (AvgIpc) is 2.32. The van der Waals surface area contributed by atoms with Gasteiger partial charge in [-0.3, -0.25) is 0 Å². The first-order chi connectivity index (χ1) is 8.99. The summed E-state index contributed by atoms with van der Waals surface area (Å²) < 4.78 is 7.58. The van der Waals surface area contributed by atoms with Gasteiger partial charge in [-0.25, -0.2) is 0 Å². The van der Waals surface area contributed by atoms with E-state index in [-0.39, 0.29) is 4.99 Å². The molecule has 0 aromatic heterocycles. The zero-order chi connectivity index (χ0) is 14.0. The predicted octanol–water partition coefficient (Wildman–Crippen LogP) is 5.29. The van der Waals surface area contributed by atoms with Gasteiger partial charge in [-0.2, -0.15) is 0 Å². The highest BCUT2D eigenvalue weighted by Crippen LogP contribution is 2.35. The van der Waals surface area contributed by atoms with Gasteiger partial charge < -0.3 is 10.5 Å². The Morgan fingerprint density at radius 3 is 2.53 bits per heavy atom. The molecule has 0 atom stereocenters. The first-order valence-corrected chi connectivity index (χ1v) is 7.57. The van der Waals surface area contributed by atoms with E-state index in [9.17, 15) is 0 Å². The smallest absolute Gasteiger partial charge is 0.141 e. The molecular weight excluding hydrogens is 413 g/mol. The van der Waals surface area contributed by atoms with E-state index in [4.69, 9.17) is 34.3 Å². The molecule has 0 fully saturated rings. The molecule has 2 aromatic carbocycles. The van der Waals surface area contributed by atoms with E-state index in [1.165, 1.54) is 0 Å². The van der Waals surface area contributed by atoms with E-state index in [0.29, 0.717) is 22.1 Å². The summed E-state index contributed by atoms with van der Waals surface area (Å²) >= 11 is 17.9. The van der Waals surface area contributed by atoms with Crippen LogP contribution in [-0.2, 0) is 0 Å². The van der Waals surface area contributed by atoms with Gasteiger partial charge >= 0.3 is 0 Å². The molecule has 2 rings (SSSR count). The normalized spacial score (nSPS) is 10.3. The molecule has 0 aliphatic rings. The van der Waals surface area contributed by atoms with Crippen LogP contribution in [0.15, 0.2) is 45.3 Å². The molecule has 0 unspecified atom stereocenters. The van der Waals surface area contributed by atoms with Crippen LogP contribution in [-0.4, -0.2) is 4.99 Å². The van der Waals surface area contributed by atoms with Crippen molar-refractivity contribution in [2.75, 3.05) is 0 Å². The summed E-state index contributed by atoms with van der Waals surface area (Å²) in [6.07, 6.45) is 0. The maximum absolute atomic E-state index is 6.09. The monoisotopic (exact) mass is 419 g/mol. The molecule has 0 heterocycles. The van der Waals surface area contributed by atoms with Crippen molar-refractivity contribution in [3.63, 3.8) is 0 Å². The predicted molar refractivity (Wildman–Crippen MR) is 89.3 cm³/mol. The highest BCUT2D eigenvalue weighted by molar-refractivity contribution is 9.11. The lowest BCUT2D eigenvalue weighted by atomic mass is 10.2. The van der Waals surface area contributed by atoms with E-state index < -0.39 is 0 Å². The molecule has 0 aliphatic heterocycles. The van der Waals surface area contributed by atoms with Crippen LogP contribution in [0.5, 0.6) is 11.5 Å². The summed E-state index contributed by atoms with van der Waals surface area (Å²) in [5, 5.41) is 0.471. The van der Waals surface area contributed by atoms with Crippen LogP contribution in [0.1, 0.15) is 5.56 Å². The minimum Gasteiger partial charge on any atom is -0.455 e. The molecule has 0 bridgehead atoms. The van der Waals surface area contributed by atoms with Crippen LogP contribution in [0.4, 0.5) is 0 Å². The first-order valence-electron chi connectivity index (χ1n) is 5.20. The highest BCUT2D eigenvalue weighted by atomic mass is 79.9. The summed E-state index contributed by atoms with van der Waals surface area (Å²) in [7, 11) is 0. The van der Waals surface area contributed by atoms with Gasteiger partial charge in [-0.15, -0.1) is 0 Å². The third-order valence-corrected chi connectivity index (χ3v) is 3.97. The van der Waals surface area contributed by atoms with Gasteiger partial charge in [0.25, 0.3) is 0 Å². The maximum Gasteiger partial charge on any atom is 0.141 e. The molecule has 19 heavy (non-hydrogen) atoms. The zero-order valence-electron chi connectivity index (χ0n) is 9.49. The Kier molecular flexibility index (Phi) is 4.84. The number of hydrogen-bond acceptors (Lipinski definition) is 2. The fourth-order valence-corrected chi connectivity index (χ4v) is 3.17. The topological polar surface area (TPSA) is 35.2 Å². The lowest BCUT2D eigenvalue weighted by Gasteiger charge is -2.12. The van der Waals surface area contributed by atoms with Gasteiger partial charge in [-0.05, 0) is 46.3 Å². The van der Waals surface area contributed by atoms with Gasteiger partial charge in [0.1, 0.15) is 16.5 Å². The number of nitrogens with two attached hydrogens (primary N) is 1. The average molecular weight is 422 g/mol. The van der Waals surface area contributed by atoms with Crippen molar-refractivity contribution < 1.29 is 4.74 Å². The van der Waals surface area contributed by atoms with Gasteiger partial charge in [-0.1, -0.05) is 45.8 Å². The van der Waals surface area contributed by atoms with E-state index in [1.54, 1.807) is 18.2 Å². The second-order valence-corrected chi connectivity index (χ2v) is 6.27. The molecule has 0 saturated heterocycles. The zero-order valence-corrected chi connectivity index (χ0v) is 14.2. The van der Waals surface area contributed by atoms with Crippen molar-refractivity contribution in [2.45, 2.75) is 0 Å². The van der Waals surface area contributed by atoms with Gasteiger partial charge in [0.05, 0.1) is 15.1 Å². The Morgan fingerprint density at radius 1 is 1.16 bits per heavy atom. The third kappa shape index (κ3) is 3.48. The number of benzene rings is 2. The molecule has 2 nitrogen and oxygen atoms in total. The van der Waals surface area contributed by atoms with E-state index in [1.807, 2.05) is 18.2 Å². The van der Waals surface area contributed by atoms with Crippen molar-refractivity contribution in [1.29, 1.82) is 0 Å². The molecule has 0 aliphatic carbocycles. The van der Waals surface area contributed by atoms with Crippen LogP contribution in [0.3, 0.4) is 0 Å². The van der Waals surface area contributed by atoms with Crippen molar-refractivity contribution in [2.24, 2.45) is 5.73 Å². The Bertz CT molecular complexity index is 649. The molecule has 2 N–H and O–H groups in total. The minimum atomic E-state index is 0.203. The Morgan fingerprint density at radius 2 is 1.89 bits per heavy atom. The summed E-state index contributed by atoms with van der Waals surface area (Å²) in [6.45, 7) is 0. The first kappa shape index (κ1) is 14.8. The molecule has 0 saturated carbocycles. The molecule has 98 valence electrons. The minimum absolute atomic E-state index is 0.203. The number of halogens is 3. The Balaban J connectivity index is 2.44. The molecule has 2 aromatic rings. The second-order valence-electron chi connectivity index (χ2n) is 3.65. The van der Waals surface area contributed by atoms with Crippen LogP contribution in [0.2, 0.25) is 5.02 Å². The van der Waals surface area contributed by atoms with Gasteiger partial charge in [0.2, 0.25) is 0 Å². The van der Waals surface area contributed by atoms with E-state index in [0.717, 1.165) is 8.95 Å². The SMILES string of the molecule is NC(=S)c1c(Cl)cccc1Oc1ccc(Br)cc1Br. The quantitative estimate of drug-likeness (QED) is 0.684. The summed E-state index contributed by atoms with van der Waals surface area (Å²) in [5.74, 6) is 1.19. The lowest BCUT2D eigenvalue weighted by Crippen LogP contribution is -2.11. The standard InChI is InChI=1S/C13H8Br2ClNOS/c14-7-4-5-10(8(15)6-7)18-11-3-1-2-9(16)12(11)13(17)19/h1-6H,(H2,17,19). The third-order valence-electron chi connectivity index (χ3n) is 2.34. The maximum atomic E-state index is 6.09. The summed E-state index contributed by atoms with van der Waals surface area (Å²) in [5.41, 5.74) is 6.22. The molecule has 0 amide bonds. The molecular formula is C13H8Br2ClNOS. The lowest BCUT2D eigenvalue weighted by molar-refractivity contribution is 0.478. The fourth-order valence-electron chi connectivity index (χ4n) is 1.50. The van der Waals surface area contributed by atoms with Gasteiger partial charge in [0, 0.05) is 4.47 Å². The Labute approximate surface area is 138 Å². The van der Waals surface area contributed by atoms with Crippen LogP contribution in [0.25, 0.3) is 0 Å². The van der Waals surface area contributed by atoms with Crippen molar-refractivity contribution in [3.05, 3.63) is 55.9 Å². The van der Waals surface area contributed by atoms with Gasteiger partial charge in [0.15, 0.2) is 0 Å².